The van der Waals surface area contributed by atoms with Crippen molar-refractivity contribution in [2.24, 2.45) is 5.92 Å². The van der Waals surface area contributed by atoms with E-state index in [4.69, 9.17) is 0 Å². The van der Waals surface area contributed by atoms with Crippen molar-refractivity contribution in [1.82, 2.24) is 10.2 Å². The lowest BCUT2D eigenvalue weighted by Crippen LogP contribution is -2.39. The standard InChI is InChI=1S/C25H35N3OS.ClH/c1-6-27(5)17-19(4)28-21-9-7-8-10-23(21)30-24-12-11-20(15-22(24)28)16-25(29)26-14-13-18(2)3;/h7-12,15,18-19H,6,13-14,16-17H2,1-5H3,(H,26,29);1H. The number of para-hydroxylation sites is 1. The molecule has 4 nitrogen and oxygen atoms in total. The number of amides is 1. The number of halogens is 1. The van der Waals surface area contributed by atoms with Crippen LogP contribution in [0.3, 0.4) is 0 Å². The molecule has 0 radical (unpaired) electrons. The Morgan fingerprint density at radius 2 is 1.81 bits per heavy atom. The number of fused-ring (bicyclic) bond motifs is 2. The van der Waals surface area contributed by atoms with E-state index in [1.807, 2.05) is 11.8 Å². The topological polar surface area (TPSA) is 35.6 Å². The van der Waals surface area contributed by atoms with Gasteiger partial charge in [0.1, 0.15) is 0 Å². The SMILES string of the molecule is CCN(C)CC(C)N1c2ccccc2Sc2ccc(CC(=O)NCCC(C)C)cc21.Cl. The predicted octanol–water partition coefficient (Wildman–Crippen LogP) is 5.76. The summed E-state index contributed by atoms with van der Waals surface area (Å²) in [5, 5.41) is 3.06. The van der Waals surface area contributed by atoms with Gasteiger partial charge in [0.2, 0.25) is 5.91 Å². The second kappa shape index (κ2) is 11.8. The van der Waals surface area contributed by atoms with Crippen LogP contribution in [0.25, 0.3) is 0 Å². The van der Waals surface area contributed by atoms with Crippen molar-refractivity contribution in [2.75, 3.05) is 31.6 Å². The Balaban J connectivity index is 0.00000341. The van der Waals surface area contributed by atoms with Gasteiger partial charge in [0.15, 0.2) is 0 Å². The van der Waals surface area contributed by atoms with Gasteiger partial charge in [-0.1, -0.05) is 50.7 Å². The molecule has 1 N–H and O–H groups in total. The van der Waals surface area contributed by atoms with Crippen LogP contribution in [-0.2, 0) is 11.2 Å². The molecule has 0 spiro atoms. The Bertz CT molecular complexity index is 874. The van der Waals surface area contributed by atoms with Crippen LogP contribution in [0, 0.1) is 5.92 Å². The van der Waals surface area contributed by atoms with Gasteiger partial charge in [-0.25, -0.2) is 0 Å². The molecule has 1 unspecified atom stereocenters. The largest absolute Gasteiger partial charge is 0.356 e. The summed E-state index contributed by atoms with van der Waals surface area (Å²) < 4.78 is 0. The minimum atomic E-state index is 0. The highest BCUT2D eigenvalue weighted by molar-refractivity contribution is 7.99. The first-order valence-corrected chi connectivity index (χ1v) is 11.8. The maximum atomic E-state index is 12.4. The van der Waals surface area contributed by atoms with Crippen LogP contribution in [0.1, 0.15) is 39.7 Å². The zero-order valence-electron chi connectivity index (χ0n) is 19.4. The van der Waals surface area contributed by atoms with Gasteiger partial charge in [-0.3, -0.25) is 4.79 Å². The molecule has 31 heavy (non-hydrogen) atoms. The Kier molecular flexibility index (Phi) is 9.73. The van der Waals surface area contributed by atoms with Crippen LogP contribution >= 0.6 is 24.2 Å². The van der Waals surface area contributed by atoms with Crippen LogP contribution in [-0.4, -0.2) is 43.5 Å². The summed E-state index contributed by atoms with van der Waals surface area (Å²) in [6.07, 6.45) is 1.44. The Morgan fingerprint density at radius 1 is 1.10 bits per heavy atom. The fourth-order valence-corrected chi connectivity index (χ4v) is 4.88. The van der Waals surface area contributed by atoms with E-state index < -0.39 is 0 Å². The fraction of sp³-hybridized carbons (Fsp3) is 0.480. The van der Waals surface area contributed by atoms with E-state index in [-0.39, 0.29) is 18.3 Å². The van der Waals surface area contributed by atoms with E-state index in [9.17, 15) is 4.79 Å². The second-order valence-electron chi connectivity index (χ2n) is 8.66. The molecular formula is C25H36ClN3OS. The molecule has 0 saturated carbocycles. The van der Waals surface area contributed by atoms with Crippen LogP contribution < -0.4 is 10.2 Å². The molecule has 1 heterocycles. The van der Waals surface area contributed by atoms with E-state index in [1.165, 1.54) is 21.2 Å². The monoisotopic (exact) mass is 461 g/mol. The lowest BCUT2D eigenvalue weighted by atomic mass is 10.1. The van der Waals surface area contributed by atoms with Crippen LogP contribution in [0.5, 0.6) is 0 Å². The minimum absolute atomic E-state index is 0. The molecule has 0 aromatic heterocycles. The van der Waals surface area contributed by atoms with Crippen LogP contribution in [0.2, 0.25) is 0 Å². The van der Waals surface area contributed by atoms with E-state index in [2.05, 4.69) is 92.3 Å². The third kappa shape index (κ3) is 6.64. The molecule has 2 aromatic carbocycles. The van der Waals surface area contributed by atoms with Gasteiger partial charge in [0, 0.05) is 28.9 Å². The van der Waals surface area contributed by atoms with E-state index in [0.29, 0.717) is 18.4 Å². The first-order chi connectivity index (χ1) is 14.4. The predicted molar refractivity (Wildman–Crippen MR) is 135 cm³/mol. The molecule has 170 valence electrons. The smallest absolute Gasteiger partial charge is 0.224 e. The first-order valence-electron chi connectivity index (χ1n) is 11.0. The zero-order valence-corrected chi connectivity index (χ0v) is 21.0. The molecule has 1 atom stereocenters. The Hall–Kier alpha value is -1.69. The summed E-state index contributed by atoms with van der Waals surface area (Å²) in [5.74, 6) is 0.701. The molecule has 1 aliphatic rings. The number of likely N-dealkylation sites (N-methyl/N-ethyl adjacent to an activating group) is 1. The Labute approximate surface area is 198 Å². The summed E-state index contributed by atoms with van der Waals surface area (Å²) in [6, 6.07) is 15.4. The molecule has 2 aromatic rings. The average molecular weight is 462 g/mol. The number of nitrogens with zero attached hydrogens (tertiary/aromatic N) is 2. The lowest BCUT2D eigenvalue weighted by Gasteiger charge is -2.39. The first kappa shape index (κ1) is 25.6. The summed E-state index contributed by atoms with van der Waals surface area (Å²) >= 11 is 1.82. The van der Waals surface area contributed by atoms with Gasteiger partial charge in [0.25, 0.3) is 0 Å². The van der Waals surface area contributed by atoms with Gasteiger partial charge < -0.3 is 15.1 Å². The molecule has 0 aliphatic carbocycles. The normalized spacial score (nSPS) is 13.5. The van der Waals surface area contributed by atoms with Crippen molar-refractivity contribution in [3.05, 3.63) is 48.0 Å². The van der Waals surface area contributed by atoms with Gasteiger partial charge in [-0.15, -0.1) is 12.4 Å². The summed E-state index contributed by atoms with van der Waals surface area (Å²) in [5.41, 5.74) is 3.53. The molecule has 1 aliphatic heterocycles. The molecule has 0 saturated heterocycles. The fourth-order valence-electron chi connectivity index (χ4n) is 3.82. The molecule has 6 heteroatoms. The minimum Gasteiger partial charge on any atom is -0.356 e. The van der Waals surface area contributed by atoms with Crippen LogP contribution in [0.4, 0.5) is 11.4 Å². The number of hydrogen-bond acceptors (Lipinski definition) is 4. The summed E-state index contributed by atoms with van der Waals surface area (Å²) in [4.78, 5) is 19.8. The molecular weight excluding hydrogens is 426 g/mol. The number of carbonyl (C=O) groups excluding carboxylic acids is 1. The quantitative estimate of drug-likeness (QED) is 0.515. The van der Waals surface area contributed by atoms with Gasteiger partial charge >= 0.3 is 0 Å². The number of benzene rings is 2. The van der Waals surface area contributed by atoms with Gasteiger partial charge in [-0.05, 0) is 62.7 Å². The number of anilines is 2. The highest BCUT2D eigenvalue weighted by atomic mass is 35.5. The summed E-state index contributed by atoms with van der Waals surface area (Å²) in [6.45, 7) is 11.6. The van der Waals surface area contributed by atoms with Crippen molar-refractivity contribution in [1.29, 1.82) is 0 Å². The number of carbonyl (C=O) groups is 1. The third-order valence-electron chi connectivity index (χ3n) is 5.59. The van der Waals surface area contributed by atoms with E-state index >= 15 is 0 Å². The Morgan fingerprint density at radius 3 is 2.52 bits per heavy atom. The number of rotatable bonds is 9. The summed E-state index contributed by atoms with van der Waals surface area (Å²) in [7, 11) is 2.17. The maximum Gasteiger partial charge on any atom is 0.224 e. The van der Waals surface area contributed by atoms with Gasteiger partial charge in [-0.2, -0.15) is 0 Å². The molecule has 3 rings (SSSR count). The third-order valence-corrected chi connectivity index (χ3v) is 6.72. The molecule has 1 amide bonds. The van der Waals surface area contributed by atoms with Crippen molar-refractivity contribution >= 4 is 41.5 Å². The van der Waals surface area contributed by atoms with Crippen molar-refractivity contribution in [3.8, 4) is 0 Å². The van der Waals surface area contributed by atoms with Gasteiger partial charge in [0.05, 0.1) is 17.8 Å². The highest BCUT2D eigenvalue weighted by Gasteiger charge is 2.27. The lowest BCUT2D eigenvalue weighted by molar-refractivity contribution is -0.120. The van der Waals surface area contributed by atoms with Crippen molar-refractivity contribution in [3.63, 3.8) is 0 Å². The zero-order chi connectivity index (χ0) is 21.7. The van der Waals surface area contributed by atoms with Crippen molar-refractivity contribution < 1.29 is 4.79 Å². The average Bonchev–Trinajstić information content (AvgIpc) is 2.71. The van der Waals surface area contributed by atoms with Crippen molar-refractivity contribution in [2.45, 2.75) is 56.4 Å². The molecule has 0 bridgehead atoms. The van der Waals surface area contributed by atoms with E-state index in [1.54, 1.807) is 0 Å². The van der Waals surface area contributed by atoms with E-state index in [0.717, 1.165) is 31.6 Å². The maximum absolute atomic E-state index is 12.4. The second-order valence-corrected chi connectivity index (χ2v) is 9.74. The van der Waals surface area contributed by atoms with Crippen LogP contribution in [0.15, 0.2) is 52.3 Å². The number of hydrogen-bond donors (Lipinski definition) is 1. The molecule has 0 fully saturated rings. The highest BCUT2D eigenvalue weighted by Crippen LogP contribution is 2.49. The number of nitrogens with one attached hydrogen (secondary N) is 1.